The smallest absolute Gasteiger partial charge is 0.338 e. The van der Waals surface area contributed by atoms with Crippen LogP contribution in [0.3, 0.4) is 0 Å². The average molecular weight is 657 g/mol. The molecule has 10 nitrogen and oxygen atoms in total. The number of amides is 1. The molecule has 1 fully saturated rings. The fraction of sp³-hybridized carbons (Fsp3) is 0.278. The highest BCUT2D eigenvalue weighted by atomic mass is 32.2. The largest absolute Gasteiger partial charge is 0.481 e. The molecule has 2 heterocycles. The van der Waals surface area contributed by atoms with Crippen molar-refractivity contribution in [3.05, 3.63) is 119 Å². The molecule has 47 heavy (non-hydrogen) atoms. The molecule has 1 amide bonds. The van der Waals surface area contributed by atoms with E-state index < -0.39 is 18.2 Å². The van der Waals surface area contributed by atoms with Crippen molar-refractivity contribution in [1.82, 2.24) is 10.3 Å². The van der Waals surface area contributed by atoms with Crippen molar-refractivity contribution in [2.24, 2.45) is 5.92 Å². The van der Waals surface area contributed by atoms with Gasteiger partial charge in [-0.2, -0.15) is 0 Å². The number of thioether (sulfide) groups is 1. The molecule has 0 unspecified atom stereocenters. The van der Waals surface area contributed by atoms with Crippen molar-refractivity contribution in [2.75, 3.05) is 5.75 Å². The molecule has 4 aromatic rings. The molecule has 1 aromatic heterocycles. The minimum atomic E-state index is -1.04. The molecule has 4 N–H and O–H groups in total. The molecule has 1 saturated heterocycles. The lowest BCUT2D eigenvalue weighted by atomic mass is 9.91. The van der Waals surface area contributed by atoms with Crippen LogP contribution in [0.15, 0.2) is 96.2 Å². The summed E-state index contributed by atoms with van der Waals surface area (Å²) in [5, 5.41) is 31.2. The topological polar surface area (TPSA) is 155 Å². The van der Waals surface area contributed by atoms with Crippen molar-refractivity contribution < 1.29 is 39.2 Å². The number of hydrogen-bond donors (Lipinski definition) is 4. The first kappa shape index (κ1) is 33.8. The minimum absolute atomic E-state index is 0.0621. The van der Waals surface area contributed by atoms with Crippen LogP contribution >= 0.6 is 11.8 Å². The lowest BCUT2D eigenvalue weighted by Gasteiger charge is -2.41. The van der Waals surface area contributed by atoms with Crippen LogP contribution in [-0.2, 0) is 32.2 Å². The summed E-state index contributed by atoms with van der Waals surface area (Å²) in [7, 11) is 0. The number of carbonyl (C=O) groups excluding carboxylic acids is 1. The van der Waals surface area contributed by atoms with Crippen LogP contribution in [0.2, 0.25) is 0 Å². The third kappa shape index (κ3) is 8.83. The van der Waals surface area contributed by atoms with Crippen molar-refractivity contribution in [2.45, 2.75) is 56.4 Å². The summed E-state index contributed by atoms with van der Waals surface area (Å²) in [5.41, 5.74) is 5.39. The van der Waals surface area contributed by atoms with Gasteiger partial charge in [-0.1, -0.05) is 67.6 Å². The van der Waals surface area contributed by atoms with E-state index in [4.69, 9.17) is 14.6 Å². The molecule has 0 aliphatic carbocycles. The van der Waals surface area contributed by atoms with Gasteiger partial charge in [-0.3, -0.25) is 9.59 Å². The van der Waals surface area contributed by atoms with E-state index in [9.17, 15) is 24.6 Å². The summed E-state index contributed by atoms with van der Waals surface area (Å²) >= 11 is 1.33. The standard InChI is InChI=1S/C36H36N2O8S/c1-22-30(21-47-34-29(35(43)44)9-4-16-37-34)45-36(46-33(22)25-12-10-23(20-39)11-13-25)28-8-3-7-27(18-28)26-6-2-5-24(17-26)19-38-31(40)14-15-32(41)42/h2-13,16-18,22,30,33,36,39H,14-15,19-21H2,1H3,(H,38,40)(H,41,42)(H,43,44)/t22-,30+,33+,36+/m0/s1. The summed E-state index contributed by atoms with van der Waals surface area (Å²) < 4.78 is 13.2. The van der Waals surface area contributed by atoms with Crippen molar-refractivity contribution >= 4 is 29.6 Å². The Hall–Kier alpha value is -4.55. The number of rotatable bonds is 13. The molecule has 5 rings (SSSR count). The molecule has 244 valence electrons. The Morgan fingerprint density at radius 1 is 0.851 bits per heavy atom. The number of aliphatic hydroxyl groups excluding tert-OH is 1. The van der Waals surface area contributed by atoms with Gasteiger partial charge < -0.3 is 30.1 Å². The normalized spacial score (nSPS) is 19.2. The number of aliphatic carboxylic acids is 1. The molecule has 1 aliphatic heterocycles. The van der Waals surface area contributed by atoms with Gasteiger partial charge in [-0.25, -0.2) is 9.78 Å². The first-order chi connectivity index (χ1) is 22.7. The SMILES string of the molecule is C[C@H]1[C@@H](CSc2ncccc2C(=O)O)O[C@@H](c2cccc(-c3cccc(CNC(=O)CCC(=O)O)c3)c2)O[C@H]1c1ccc(CO)cc1. The molecule has 0 saturated carbocycles. The molecule has 11 heteroatoms. The van der Waals surface area contributed by atoms with Crippen LogP contribution in [0.4, 0.5) is 0 Å². The van der Waals surface area contributed by atoms with E-state index in [0.29, 0.717) is 10.8 Å². The highest BCUT2D eigenvalue weighted by Crippen LogP contribution is 2.43. The number of nitrogens with zero attached hydrogens (tertiary/aromatic N) is 1. The molecule has 0 radical (unpaired) electrons. The number of hydrogen-bond acceptors (Lipinski definition) is 8. The lowest BCUT2D eigenvalue weighted by Crippen LogP contribution is -2.38. The van der Waals surface area contributed by atoms with Crippen LogP contribution in [0.25, 0.3) is 11.1 Å². The second kappa shape index (κ2) is 15.8. The van der Waals surface area contributed by atoms with Gasteiger partial charge in [0.25, 0.3) is 0 Å². The van der Waals surface area contributed by atoms with Gasteiger partial charge in [0.2, 0.25) is 5.91 Å². The number of aliphatic hydroxyl groups is 1. The Morgan fingerprint density at radius 3 is 2.32 bits per heavy atom. The number of carboxylic acid groups (broad SMARTS) is 2. The number of carboxylic acids is 2. The maximum atomic E-state index is 12.0. The number of nitrogens with one attached hydrogen (secondary N) is 1. The van der Waals surface area contributed by atoms with Crippen LogP contribution in [0.1, 0.15) is 64.8 Å². The number of benzene rings is 3. The van der Waals surface area contributed by atoms with Crippen molar-refractivity contribution in [3.8, 4) is 11.1 Å². The van der Waals surface area contributed by atoms with Gasteiger partial charge in [0.05, 0.1) is 30.8 Å². The molecule has 0 spiro atoms. The fourth-order valence-corrected chi connectivity index (χ4v) is 6.53. The van der Waals surface area contributed by atoms with Crippen molar-refractivity contribution in [1.29, 1.82) is 0 Å². The third-order valence-electron chi connectivity index (χ3n) is 7.98. The summed E-state index contributed by atoms with van der Waals surface area (Å²) in [5.74, 6) is -2.03. The molecular formula is C36H36N2O8S. The molecule has 4 atom stereocenters. The van der Waals surface area contributed by atoms with E-state index in [1.165, 1.54) is 17.8 Å². The Balaban J connectivity index is 1.38. The monoisotopic (exact) mass is 656 g/mol. The summed E-state index contributed by atoms with van der Waals surface area (Å²) in [6.45, 7) is 2.26. The Morgan fingerprint density at radius 2 is 1.60 bits per heavy atom. The van der Waals surface area contributed by atoms with Gasteiger partial charge in [0.15, 0.2) is 6.29 Å². The number of pyridine rings is 1. The number of ether oxygens (including phenoxy) is 2. The van der Waals surface area contributed by atoms with Crippen LogP contribution < -0.4 is 5.32 Å². The maximum Gasteiger partial charge on any atom is 0.338 e. The Bertz CT molecular complexity index is 1710. The molecule has 0 bridgehead atoms. The van der Waals surface area contributed by atoms with Gasteiger partial charge in [-0.15, -0.1) is 11.8 Å². The van der Waals surface area contributed by atoms with E-state index in [2.05, 4.69) is 10.3 Å². The van der Waals surface area contributed by atoms with Gasteiger partial charge in [0.1, 0.15) is 5.03 Å². The minimum Gasteiger partial charge on any atom is -0.481 e. The fourth-order valence-electron chi connectivity index (χ4n) is 5.37. The second-order valence-electron chi connectivity index (χ2n) is 11.3. The number of aromatic carboxylic acids is 1. The summed E-state index contributed by atoms with van der Waals surface area (Å²) in [6.07, 6.45) is -0.104. The molecule has 3 aromatic carbocycles. The van der Waals surface area contributed by atoms with E-state index in [1.54, 1.807) is 12.3 Å². The second-order valence-corrected chi connectivity index (χ2v) is 12.3. The zero-order valence-electron chi connectivity index (χ0n) is 25.7. The van der Waals surface area contributed by atoms with Crippen LogP contribution in [0, 0.1) is 5.92 Å². The van der Waals surface area contributed by atoms with E-state index in [0.717, 1.165) is 33.4 Å². The quantitative estimate of drug-likeness (QED) is 0.126. The Kier molecular flexibility index (Phi) is 11.4. The number of carbonyl (C=O) groups is 3. The van der Waals surface area contributed by atoms with Gasteiger partial charge in [-0.05, 0) is 52.1 Å². The Labute approximate surface area is 276 Å². The zero-order valence-corrected chi connectivity index (χ0v) is 26.6. The van der Waals surface area contributed by atoms with Crippen LogP contribution in [0.5, 0.6) is 0 Å². The van der Waals surface area contributed by atoms with E-state index >= 15 is 0 Å². The third-order valence-corrected chi connectivity index (χ3v) is 9.08. The highest BCUT2D eigenvalue weighted by Gasteiger charge is 2.38. The highest BCUT2D eigenvalue weighted by molar-refractivity contribution is 7.99. The van der Waals surface area contributed by atoms with Crippen molar-refractivity contribution in [3.63, 3.8) is 0 Å². The average Bonchev–Trinajstić information content (AvgIpc) is 3.09. The molecule has 1 aliphatic rings. The van der Waals surface area contributed by atoms with E-state index in [1.807, 2.05) is 79.7 Å². The first-order valence-electron chi connectivity index (χ1n) is 15.2. The van der Waals surface area contributed by atoms with Gasteiger partial charge in [0, 0.05) is 36.4 Å². The number of aromatic nitrogens is 1. The predicted octanol–water partition coefficient (Wildman–Crippen LogP) is 6.00. The first-order valence-corrected chi connectivity index (χ1v) is 16.2. The summed E-state index contributed by atoms with van der Waals surface area (Å²) in [4.78, 5) is 38.9. The van der Waals surface area contributed by atoms with E-state index in [-0.39, 0.29) is 55.6 Å². The van der Waals surface area contributed by atoms with Crippen LogP contribution in [-0.4, -0.2) is 50.0 Å². The lowest BCUT2D eigenvalue weighted by molar-refractivity contribution is -0.268. The zero-order chi connectivity index (χ0) is 33.3. The summed E-state index contributed by atoms with van der Waals surface area (Å²) in [6, 6.07) is 26.4. The predicted molar refractivity (Wildman–Crippen MR) is 175 cm³/mol. The maximum absolute atomic E-state index is 12.0. The molecular weight excluding hydrogens is 620 g/mol. The van der Waals surface area contributed by atoms with Gasteiger partial charge >= 0.3 is 11.9 Å².